The van der Waals surface area contributed by atoms with Crippen LogP contribution in [-0.4, -0.2) is 29.4 Å². The lowest BCUT2D eigenvalue weighted by atomic mass is 10.4. The first-order valence-electron chi connectivity index (χ1n) is 2.54. The highest BCUT2D eigenvalue weighted by atomic mass is 32.2. The van der Waals surface area contributed by atoms with Gasteiger partial charge in [-0.1, -0.05) is 11.8 Å². The van der Waals surface area contributed by atoms with Crippen LogP contribution in [0.1, 0.15) is 0 Å². The van der Waals surface area contributed by atoms with Gasteiger partial charge in [-0.15, -0.1) is 0 Å². The minimum atomic E-state index is -0.282. The van der Waals surface area contributed by atoms with Gasteiger partial charge in [-0.3, -0.25) is 4.79 Å². The molecule has 0 radical (unpaired) electrons. The van der Waals surface area contributed by atoms with E-state index in [4.69, 9.17) is 5.73 Å². The zero-order valence-electron chi connectivity index (χ0n) is 5.59. The van der Waals surface area contributed by atoms with Crippen LogP contribution in [0.15, 0.2) is 0 Å². The van der Waals surface area contributed by atoms with E-state index in [1.165, 1.54) is 11.8 Å². The standard InChI is InChI=1S/C5H11NOS2/c1-8-3-4(6)5(7)9-2/h4H,3,6H2,1-2H3. The molecule has 54 valence electrons. The zero-order valence-corrected chi connectivity index (χ0v) is 7.22. The van der Waals surface area contributed by atoms with Crippen molar-refractivity contribution in [2.24, 2.45) is 5.73 Å². The number of hydrogen-bond donors (Lipinski definition) is 1. The molecule has 0 aliphatic carbocycles. The zero-order chi connectivity index (χ0) is 7.28. The van der Waals surface area contributed by atoms with Crippen LogP contribution >= 0.6 is 23.5 Å². The van der Waals surface area contributed by atoms with Crippen LogP contribution in [0.4, 0.5) is 0 Å². The molecule has 0 aliphatic heterocycles. The minimum Gasteiger partial charge on any atom is -0.320 e. The van der Waals surface area contributed by atoms with E-state index < -0.39 is 0 Å². The Morgan fingerprint density at radius 2 is 2.22 bits per heavy atom. The van der Waals surface area contributed by atoms with E-state index >= 15 is 0 Å². The summed E-state index contributed by atoms with van der Waals surface area (Å²) in [5.41, 5.74) is 5.45. The van der Waals surface area contributed by atoms with Crippen molar-refractivity contribution in [1.29, 1.82) is 0 Å². The molecule has 2 N–H and O–H groups in total. The van der Waals surface area contributed by atoms with Gasteiger partial charge in [0.15, 0.2) is 0 Å². The van der Waals surface area contributed by atoms with E-state index in [0.29, 0.717) is 0 Å². The predicted molar refractivity (Wildman–Crippen MR) is 44.9 cm³/mol. The maximum absolute atomic E-state index is 10.7. The van der Waals surface area contributed by atoms with E-state index in [-0.39, 0.29) is 11.2 Å². The van der Waals surface area contributed by atoms with Crippen LogP contribution < -0.4 is 5.73 Å². The van der Waals surface area contributed by atoms with Crippen LogP contribution in [-0.2, 0) is 4.79 Å². The third kappa shape index (κ3) is 3.83. The van der Waals surface area contributed by atoms with Crippen molar-refractivity contribution >= 4 is 28.6 Å². The Labute approximate surface area is 63.9 Å². The normalized spacial score (nSPS) is 13.2. The summed E-state index contributed by atoms with van der Waals surface area (Å²) < 4.78 is 0. The average Bonchev–Trinajstić information content (AvgIpc) is 1.87. The molecule has 0 aromatic heterocycles. The van der Waals surface area contributed by atoms with Crippen LogP contribution in [0.25, 0.3) is 0 Å². The summed E-state index contributed by atoms with van der Waals surface area (Å²) in [6, 6.07) is -0.282. The Kier molecular flexibility index (Phi) is 5.33. The molecule has 0 fully saturated rings. The molecule has 0 aromatic carbocycles. The van der Waals surface area contributed by atoms with Gasteiger partial charge in [0.1, 0.15) is 0 Å². The van der Waals surface area contributed by atoms with E-state index in [2.05, 4.69) is 0 Å². The van der Waals surface area contributed by atoms with Gasteiger partial charge in [-0.2, -0.15) is 11.8 Å². The second kappa shape index (κ2) is 5.14. The van der Waals surface area contributed by atoms with E-state index in [1.54, 1.807) is 18.0 Å². The van der Waals surface area contributed by atoms with Gasteiger partial charge < -0.3 is 5.73 Å². The van der Waals surface area contributed by atoms with Crippen molar-refractivity contribution in [2.75, 3.05) is 18.3 Å². The first-order valence-corrected chi connectivity index (χ1v) is 5.16. The molecule has 2 nitrogen and oxygen atoms in total. The first kappa shape index (κ1) is 9.33. The number of rotatable bonds is 3. The molecule has 0 heterocycles. The minimum absolute atomic E-state index is 0.0735. The number of thioether (sulfide) groups is 2. The summed E-state index contributed by atoms with van der Waals surface area (Å²) in [6.45, 7) is 0. The molecule has 1 unspecified atom stereocenters. The van der Waals surface area contributed by atoms with Crippen LogP contribution in [0.2, 0.25) is 0 Å². The largest absolute Gasteiger partial charge is 0.320 e. The van der Waals surface area contributed by atoms with Gasteiger partial charge in [0.05, 0.1) is 6.04 Å². The second-order valence-corrected chi connectivity index (χ2v) is 3.31. The molecule has 0 saturated carbocycles. The van der Waals surface area contributed by atoms with Gasteiger partial charge in [-0.25, -0.2) is 0 Å². The highest BCUT2D eigenvalue weighted by Gasteiger charge is 2.09. The third-order valence-electron chi connectivity index (χ3n) is 0.850. The number of nitrogens with two attached hydrogens (primary N) is 1. The Morgan fingerprint density at radius 3 is 2.56 bits per heavy atom. The van der Waals surface area contributed by atoms with E-state index in [1.807, 2.05) is 6.26 Å². The fourth-order valence-corrected chi connectivity index (χ4v) is 1.40. The van der Waals surface area contributed by atoms with Crippen molar-refractivity contribution in [3.05, 3.63) is 0 Å². The predicted octanol–water partition coefficient (Wildman–Crippen LogP) is 0.566. The first-order chi connectivity index (χ1) is 4.22. The topological polar surface area (TPSA) is 43.1 Å². The monoisotopic (exact) mass is 165 g/mol. The molecule has 0 aliphatic rings. The van der Waals surface area contributed by atoms with Gasteiger partial charge >= 0.3 is 0 Å². The smallest absolute Gasteiger partial charge is 0.206 e. The van der Waals surface area contributed by atoms with E-state index in [0.717, 1.165) is 5.75 Å². The summed E-state index contributed by atoms with van der Waals surface area (Å²) in [4.78, 5) is 10.7. The summed E-state index contributed by atoms with van der Waals surface area (Å²) >= 11 is 2.79. The lowest BCUT2D eigenvalue weighted by molar-refractivity contribution is -0.111. The van der Waals surface area contributed by atoms with Crippen LogP contribution in [0, 0.1) is 0 Å². The molecular formula is C5H11NOS2. The van der Waals surface area contributed by atoms with Crippen molar-refractivity contribution in [1.82, 2.24) is 0 Å². The summed E-state index contributed by atoms with van der Waals surface area (Å²) in [5.74, 6) is 0.722. The van der Waals surface area contributed by atoms with Crippen molar-refractivity contribution in [2.45, 2.75) is 6.04 Å². The maximum Gasteiger partial charge on any atom is 0.206 e. The fourth-order valence-electron chi connectivity index (χ4n) is 0.399. The Morgan fingerprint density at radius 1 is 1.67 bits per heavy atom. The summed E-state index contributed by atoms with van der Waals surface area (Å²) in [7, 11) is 0. The van der Waals surface area contributed by atoms with Gasteiger partial charge in [0.2, 0.25) is 5.12 Å². The highest BCUT2D eigenvalue weighted by Crippen LogP contribution is 2.02. The van der Waals surface area contributed by atoms with Gasteiger partial charge in [-0.05, 0) is 12.5 Å². The molecular weight excluding hydrogens is 154 g/mol. The second-order valence-electron chi connectivity index (χ2n) is 1.58. The number of hydrogen-bond acceptors (Lipinski definition) is 4. The molecule has 0 aromatic rings. The lowest BCUT2D eigenvalue weighted by Gasteiger charge is -2.04. The van der Waals surface area contributed by atoms with Gasteiger partial charge in [0.25, 0.3) is 0 Å². The molecule has 1 atom stereocenters. The Hall–Kier alpha value is 0.330. The van der Waals surface area contributed by atoms with Crippen molar-refractivity contribution in [3.8, 4) is 0 Å². The average molecular weight is 165 g/mol. The Balaban J connectivity index is 3.45. The molecule has 0 amide bonds. The lowest BCUT2D eigenvalue weighted by Crippen LogP contribution is -2.30. The third-order valence-corrected chi connectivity index (χ3v) is 2.25. The molecule has 9 heavy (non-hydrogen) atoms. The van der Waals surface area contributed by atoms with Gasteiger partial charge in [0, 0.05) is 5.75 Å². The molecule has 0 rings (SSSR count). The van der Waals surface area contributed by atoms with Crippen molar-refractivity contribution in [3.63, 3.8) is 0 Å². The van der Waals surface area contributed by atoms with Crippen molar-refractivity contribution < 1.29 is 4.79 Å². The number of carbonyl (C=O) groups excluding carboxylic acids is 1. The van der Waals surface area contributed by atoms with Crippen LogP contribution in [0.3, 0.4) is 0 Å². The quantitative estimate of drug-likeness (QED) is 0.664. The van der Waals surface area contributed by atoms with E-state index in [9.17, 15) is 4.79 Å². The highest BCUT2D eigenvalue weighted by molar-refractivity contribution is 8.13. The fraction of sp³-hybridized carbons (Fsp3) is 0.800. The Bertz CT molecular complexity index is 97.0. The molecule has 0 bridgehead atoms. The van der Waals surface area contributed by atoms with Crippen LogP contribution in [0.5, 0.6) is 0 Å². The summed E-state index contributed by atoms with van der Waals surface area (Å²) in [6.07, 6.45) is 3.69. The molecule has 0 saturated heterocycles. The SMILES string of the molecule is CSCC(N)C(=O)SC. The summed E-state index contributed by atoms with van der Waals surface area (Å²) in [5, 5.41) is 0.0735. The molecule has 4 heteroatoms. The molecule has 0 spiro atoms. The number of carbonyl (C=O) groups is 1. The maximum atomic E-state index is 10.7.